The topological polar surface area (TPSA) is 47.9 Å². The number of amides is 1. The molecule has 25 heavy (non-hydrogen) atoms. The maximum Gasteiger partial charge on any atom is 0.241 e. The highest BCUT2D eigenvalue weighted by atomic mass is 32.2. The standard InChI is InChI=1S/C19H30N4OS/c1-15(2)17-14-23(10-11-25-17)19(21-13-18(24)22(3)4)20-12-16-8-6-5-7-9-16/h5-9,15,17H,10-14H2,1-4H3,(H,20,21). The molecule has 0 radical (unpaired) electrons. The summed E-state index contributed by atoms with van der Waals surface area (Å²) in [5, 5.41) is 3.87. The zero-order valence-electron chi connectivity index (χ0n) is 15.7. The molecule has 6 heteroatoms. The molecule has 0 aliphatic carbocycles. The molecule has 1 aliphatic heterocycles. The number of carbonyl (C=O) groups is 1. The van der Waals surface area contributed by atoms with Crippen molar-refractivity contribution in [2.75, 3.05) is 39.5 Å². The quantitative estimate of drug-likeness (QED) is 0.645. The van der Waals surface area contributed by atoms with Crippen LogP contribution >= 0.6 is 11.8 Å². The first-order chi connectivity index (χ1) is 12.0. The minimum atomic E-state index is 0.0548. The maximum absolute atomic E-state index is 12.0. The van der Waals surface area contributed by atoms with Crippen LogP contribution in [0.2, 0.25) is 0 Å². The van der Waals surface area contributed by atoms with Crippen molar-refractivity contribution in [2.45, 2.75) is 25.6 Å². The Morgan fingerprint density at radius 3 is 2.72 bits per heavy atom. The van der Waals surface area contributed by atoms with E-state index < -0.39 is 0 Å². The fourth-order valence-corrected chi connectivity index (χ4v) is 3.90. The number of aliphatic imine (C=N–C) groups is 1. The monoisotopic (exact) mass is 362 g/mol. The molecule has 0 spiro atoms. The average molecular weight is 363 g/mol. The Morgan fingerprint density at radius 1 is 1.36 bits per heavy atom. The van der Waals surface area contributed by atoms with Crippen molar-refractivity contribution in [1.29, 1.82) is 0 Å². The Balaban J connectivity index is 2.08. The van der Waals surface area contributed by atoms with Crippen molar-refractivity contribution < 1.29 is 4.79 Å². The number of thioether (sulfide) groups is 1. The van der Waals surface area contributed by atoms with Gasteiger partial charge in [0.2, 0.25) is 5.91 Å². The summed E-state index contributed by atoms with van der Waals surface area (Å²) in [7, 11) is 3.55. The van der Waals surface area contributed by atoms with Gasteiger partial charge in [-0.2, -0.15) is 11.8 Å². The Labute approximate surface area is 155 Å². The molecule has 1 saturated heterocycles. The Kier molecular flexibility index (Phi) is 7.62. The number of rotatable bonds is 5. The summed E-state index contributed by atoms with van der Waals surface area (Å²) in [5.41, 5.74) is 1.17. The molecule has 1 aromatic rings. The van der Waals surface area contributed by atoms with E-state index in [4.69, 9.17) is 4.99 Å². The molecule has 1 heterocycles. The molecule has 138 valence electrons. The van der Waals surface area contributed by atoms with Gasteiger partial charge in [0, 0.05) is 38.2 Å². The van der Waals surface area contributed by atoms with Gasteiger partial charge in [-0.1, -0.05) is 44.2 Å². The third-order valence-corrected chi connectivity index (χ3v) is 5.83. The fraction of sp³-hybridized carbons (Fsp3) is 0.579. The van der Waals surface area contributed by atoms with E-state index in [0.29, 0.717) is 17.7 Å². The van der Waals surface area contributed by atoms with E-state index >= 15 is 0 Å². The maximum atomic E-state index is 12.0. The molecule has 1 N–H and O–H groups in total. The van der Waals surface area contributed by atoms with Gasteiger partial charge in [0.15, 0.2) is 5.96 Å². The average Bonchev–Trinajstić information content (AvgIpc) is 2.62. The van der Waals surface area contributed by atoms with Crippen LogP contribution in [0.4, 0.5) is 0 Å². The number of guanidine groups is 1. The lowest BCUT2D eigenvalue weighted by atomic mass is 10.1. The molecule has 0 bridgehead atoms. The second-order valence-corrected chi connectivity index (χ2v) is 8.21. The summed E-state index contributed by atoms with van der Waals surface area (Å²) in [6.07, 6.45) is 0. The molecule has 5 nitrogen and oxygen atoms in total. The highest BCUT2D eigenvalue weighted by molar-refractivity contribution is 8.00. The van der Waals surface area contributed by atoms with Gasteiger partial charge in [-0.05, 0) is 11.5 Å². The Bertz CT molecular complexity index is 574. The van der Waals surface area contributed by atoms with E-state index in [9.17, 15) is 4.79 Å². The number of benzene rings is 1. The SMILES string of the molecule is CC(C)C1CN(C(=NCc2ccccc2)NCC(=O)N(C)C)CCS1. The van der Waals surface area contributed by atoms with Crippen LogP contribution in [0.25, 0.3) is 0 Å². The van der Waals surface area contributed by atoms with Gasteiger partial charge in [0.1, 0.15) is 0 Å². The Hall–Kier alpha value is -1.69. The molecular formula is C19H30N4OS. The molecule has 1 unspecified atom stereocenters. The highest BCUT2D eigenvalue weighted by Gasteiger charge is 2.25. The van der Waals surface area contributed by atoms with E-state index in [2.05, 4.69) is 36.2 Å². The second-order valence-electron chi connectivity index (χ2n) is 6.87. The second kappa shape index (κ2) is 9.70. The lowest BCUT2D eigenvalue weighted by Gasteiger charge is -2.36. The van der Waals surface area contributed by atoms with Gasteiger partial charge in [-0.3, -0.25) is 4.79 Å². The van der Waals surface area contributed by atoms with Crippen molar-refractivity contribution in [3.8, 4) is 0 Å². The molecule has 0 saturated carbocycles. The van der Waals surface area contributed by atoms with E-state index in [1.54, 1.807) is 19.0 Å². The smallest absolute Gasteiger partial charge is 0.241 e. The van der Waals surface area contributed by atoms with E-state index in [1.807, 2.05) is 30.0 Å². The first kappa shape index (κ1) is 19.6. The predicted molar refractivity (Wildman–Crippen MR) is 107 cm³/mol. The van der Waals surface area contributed by atoms with Crippen molar-refractivity contribution in [1.82, 2.24) is 15.1 Å². The fourth-order valence-electron chi connectivity index (χ4n) is 2.60. The largest absolute Gasteiger partial charge is 0.347 e. The molecule has 2 rings (SSSR count). The van der Waals surface area contributed by atoms with Gasteiger partial charge in [-0.15, -0.1) is 0 Å². The van der Waals surface area contributed by atoms with Crippen LogP contribution in [0.1, 0.15) is 19.4 Å². The van der Waals surface area contributed by atoms with Crippen LogP contribution in [0.5, 0.6) is 0 Å². The van der Waals surface area contributed by atoms with Crippen molar-refractivity contribution >= 4 is 23.6 Å². The number of nitrogens with one attached hydrogen (secondary N) is 1. The van der Waals surface area contributed by atoms with Crippen LogP contribution in [0, 0.1) is 5.92 Å². The first-order valence-corrected chi connectivity index (χ1v) is 9.91. The summed E-state index contributed by atoms with van der Waals surface area (Å²) < 4.78 is 0. The van der Waals surface area contributed by atoms with E-state index in [1.165, 1.54) is 5.56 Å². The van der Waals surface area contributed by atoms with Crippen molar-refractivity contribution in [3.63, 3.8) is 0 Å². The van der Waals surface area contributed by atoms with E-state index in [-0.39, 0.29) is 12.5 Å². The molecule has 1 aromatic carbocycles. The van der Waals surface area contributed by atoms with Crippen LogP contribution in [-0.2, 0) is 11.3 Å². The normalized spacial score (nSPS) is 18.4. The predicted octanol–water partition coefficient (Wildman–Crippen LogP) is 2.29. The van der Waals surface area contributed by atoms with Gasteiger partial charge < -0.3 is 15.1 Å². The van der Waals surface area contributed by atoms with Crippen LogP contribution < -0.4 is 5.32 Å². The van der Waals surface area contributed by atoms with Crippen LogP contribution in [0.15, 0.2) is 35.3 Å². The van der Waals surface area contributed by atoms with Crippen LogP contribution in [0.3, 0.4) is 0 Å². The molecular weight excluding hydrogens is 332 g/mol. The molecule has 0 aromatic heterocycles. The number of carbonyl (C=O) groups excluding carboxylic acids is 1. The van der Waals surface area contributed by atoms with E-state index in [0.717, 1.165) is 24.8 Å². The summed E-state index contributed by atoms with van der Waals surface area (Å²) in [5.74, 6) is 2.62. The van der Waals surface area contributed by atoms with Gasteiger partial charge in [0.05, 0.1) is 13.1 Å². The number of likely N-dealkylation sites (N-methyl/N-ethyl adjacent to an activating group) is 1. The zero-order valence-corrected chi connectivity index (χ0v) is 16.6. The number of hydrogen-bond acceptors (Lipinski definition) is 3. The first-order valence-electron chi connectivity index (χ1n) is 8.86. The molecule has 1 amide bonds. The zero-order chi connectivity index (χ0) is 18.2. The van der Waals surface area contributed by atoms with Crippen molar-refractivity contribution in [3.05, 3.63) is 35.9 Å². The van der Waals surface area contributed by atoms with Gasteiger partial charge >= 0.3 is 0 Å². The summed E-state index contributed by atoms with van der Waals surface area (Å²) >= 11 is 2.04. The summed E-state index contributed by atoms with van der Waals surface area (Å²) in [6, 6.07) is 10.2. The minimum absolute atomic E-state index is 0.0548. The minimum Gasteiger partial charge on any atom is -0.347 e. The number of nitrogens with zero attached hydrogens (tertiary/aromatic N) is 3. The van der Waals surface area contributed by atoms with Gasteiger partial charge in [0.25, 0.3) is 0 Å². The molecule has 1 atom stereocenters. The third kappa shape index (κ3) is 6.27. The summed E-state index contributed by atoms with van der Waals surface area (Å²) in [4.78, 5) is 20.7. The lowest BCUT2D eigenvalue weighted by molar-refractivity contribution is -0.127. The highest BCUT2D eigenvalue weighted by Crippen LogP contribution is 2.24. The van der Waals surface area contributed by atoms with Crippen LogP contribution in [-0.4, -0.2) is 66.4 Å². The molecule has 1 fully saturated rings. The molecule has 1 aliphatic rings. The third-order valence-electron chi connectivity index (χ3n) is 4.29. The number of hydrogen-bond donors (Lipinski definition) is 1. The Morgan fingerprint density at radius 2 is 2.08 bits per heavy atom. The van der Waals surface area contributed by atoms with Crippen molar-refractivity contribution in [2.24, 2.45) is 10.9 Å². The summed E-state index contributed by atoms with van der Waals surface area (Å²) in [6.45, 7) is 7.37. The van der Waals surface area contributed by atoms with Gasteiger partial charge in [-0.25, -0.2) is 4.99 Å². The lowest BCUT2D eigenvalue weighted by Crippen LogP contribution is -2.50.